The van der Waals surface area contributed by atoms with E-state index in [9.17, 15) is 13.2 Å². The van der Waals surface area contributed by atoms with Crippen LogP contribution in [0.4, 0.5) is 0 Å². The largest absolute Gasteiger partial charge is 0.340 e. The van der Waals surface area contributed by atoms with Gasteiger partial charge in [-0.3, -0.25) is 9.69 Å². The lowest BCUT2D eigenvalue weighted by Crippen LogP contribution is -2.50. The molecule has 1 N–H and O–H groups in total. The zero-order chi connectivity index (χ0) is 21.6. The molecule has 1 atom stereocenters. The average Bonchev–Trinajstić information content (AvgIpc) is 2.75. The highest BCUT2D eigenvalue weighted by Crippen LogP contribution is 2.31. The third-order valence-electron chi connectivity index (χ3n) is 6.73. The number of carbonyl (C=O) groups excluding carboxylic acids is 1. The summed E-state index contributed by atoms with van der Waals surface area (Å²) in [6, 6.07) is 6.88. The molecule has 0 radical (unpaired) electrons. The van der Waals surface area contributed by atoms with Gasteiger partial charge in [0.15, 0.2) is 0 Å². The first-order valence-corrected chi connectivity index (χ1v) is 12.9. The van der Waals surface area contributed by atoms with Crippen molar-refractivity contribution in [3.8, 4) is 0 Å². The Balaban J connectivity index is 1.37. The van der Waals surface area contributed by atoms with Crippen LogP contribution in [0.5, 0.6) is 0 Å². The van der Waals surface area contributed by atoms with E-state index in [-0.39, 0.29) is 5.91 Å². The Morgan fingerprint density at radius 1 is 1.07 bits per heavy atom. The number of aryl methyl sites for hydroxylation is 1. The zero-order valence-electron chi connectivity index (χ0n) is 18.5. The van der Waals surface area contributed by atoms with Gasteiger partial charge in [0, 0.05) is 45.7 Å². The van der Waals surface area contributed by atoms with Gasteiger partial charge in [0.05, 0.1) is 4.90 Å². The Bertz CT molecular complexity index is 780. The predicted molar refractivity (Wildman–Crippen MR) is 120 cm³/mol. The Morgan fingerprint density at radius 2 is 1.70 bits per heavy atom. The molecule has 1 saturated heterocycles. The molecule has 6 nitrogen and oxygen atoms in total. The summed E-state index contributed by atoms with van der Waals surface area (Å²) < 4.78 is 27.4. The number of benzene rings is 1. The Morgan fingerprint density at radius 3 is 2.33 bits per heavy atom. The van der Waals surface area contributed by atoms with Gasteiger partial charge in [-0.15, -0.1) is 0 Å². The molecule has 7 heteroatoms. The smallest absolute Gasteiger partial charge is 0.240 e. The molecule has 3 rings (SSSR count). The lowest BCUT2D eigenvalue weighted by molar-refractivity contribution is -0.134. The number of nitrogens with one attached hydrogen (secondary N) is 1. The first kappa shape index (κ1) is 23.2. The molecule has 30 heavy (non-hydrogen) atoms. The van der Waals surface area contributed by atoms with E-state index < -0.39 is 10.0 Å². The number of sulfonamides is 1. The monoisotopic (exact) mass is 435 g/mol. The second kappa shape index (κ2) is 10.7. The number of hydrogen-bond acceptors (Lipinski definition) is 4. The van der Waals surface area contributed by atoms with Gasteiger partial charge in [-0.05, 0) is 30.9 Å². The van der Waals surface area contributed by atoms with Crippen LogP contribution < -0.4 is 4.72 Å². The van der Waals surface area contributed by atoms with Crippen LogP contribution in [0.25, 0.3) is 0 Å². The number of rotatable bonds is 8. The molecular formula is C23H37N3O3S. The summed E-state index contributed by atoms with van der Waals surface area (Å²) in [5.41, 5.74) is 1.04. The van der Waals surface area contributed by atoms with Crippen LogP contribution in [0.15, 0.2) is 29.2 Å². The highest BCUT2D eigenvalue weighted by atomic mass is 32.2. The van der Waals surface area contributed by atoms with Crippen molar-refractivity contribution in [3.63, 3.8) is 0 Å². The molecule has 168 valence electrons. The highest BCUT2D eigenvalue weighted by molar-refractivity contribution is 7.89. The van der Waals surface area contributed by atoms with Crippen LogP contribution in [0, 0.1) is 18.8 Å². The fraction of sp³-hybridized carbons (Fsp3) is 0.696. The van der Waals surface area contributed by atoms with Gasteiger partial charge in [-0.1, -0.05) is 56.7 Å². The topological polar surface area (TPSA) is 69.7 Å². The second-order valence-electron chi connectivity index (χ2n) is 9.01. The first-order chi connectivity index (χ1) is 14.3. The van der Waals surface area contributed by atoms with E-state index in [0.717, 1.165) is 31.7 Å². The minimum atomic E-state index is -3.47. The van der Waals surface area contributed by atoms with Gasteiger partial charge < -0.3 is 4.90 Å². The van der Waals surface area contributed by atoms with Crippen LogP contribution >= 0.6 is 0 Å². The van der Waals surface area contributed by atoms with Gasteiger partial charge in [-0.2, -0.15) is 0 Å². The molecule has 1 heterocycles. The van der Waals surface area contributed by atoms with Crippen molar-refractivity contribution in [2.75, 3.05) is 39.3 Å². The summed E-state index contributed by atoms with van der Waals surface area (Å²) in [6.45, 7) is 8.29. The van der Waals surface area contributed by atoms with E-state index in [0.29, 0.717) is 36.2 Å². The molecule has 1 saturated carbocycles. The predicted octanol–water partition coefficient (Wildman–Crippen LogP) is 3.02. The Labute approximate surface area is 182 Å². The van der Waals surface area contributed by atoms with E-state index in [1.807, 2.05) is 11.8 Å². The number of nitrogens with zero attached hydrogens (tertiary/aromatic N) is 2. The quantitative estimate of drug-likeness (QED) is 0.681. The molecular weight excluding hydrogens is 398 g/mol. The summed E-state index contributed by atoms with van der Waals surface area (Å²) in [5, 5.41) is 0. The summed E-state index contributed by atoms with van der Waals surface area (Å²) in [4.78, 5) is 17.2. The molecule has 1 aliphatic carbocycles. The van der Waals surface area contributed by atoms with Crippen molar-refractivity contribution >= 4 is 15.9 Å². The van der Waals surface area contributed by atoms with Gasteiger partial charge in [0.25, 0.3) is 0 Å². The summed E-state index contributed by atoms with van der Waals surface area (Å²) in [5.74, 6) is 1.48. The first-order valence-electron chi connectivity index (χ1n) is 11.4. The molecule has 0 bridgehead atoms. The van der Waals surface area contributed by atoms with E-state index >= 15 is 0 Å². The van der Waals surface area contributed by atoms with Gasteiger partial charge >= 0.3 is 0 Å². The number of hydrogen-bond donors (Lipinski definition) is 1. The van der Waals surface area contributed by atoms with Crippen LogP contribution in [0.1, 0.15) is 51.0 Å². The summed E-state index contributed by atoms with van der Waals surface area (Å²) in [6.07, 6.45) is 7.20. The number of amides is 1. The Hall–Kier alpha value is -1.44. The highest BCUT2D eigenvalue weighted by Gasteiger charge is 2.26. The van der Waals surface area contributed by atoms with E-state index in [1.165, 1.54) is 32.1 Å². The second-order valence-corrected chi connectivity index (χ2v) is 10.8. The van der Waals surface area contributed by atoms with E-state index in [2.05, 4.69) is 16.5 Å². The average molecular weight is 436 g/mol. The fourth-order valence-electron chi connectivity index (χ4n) is 4.63. The standard InChI is InChI=1S/C23H37N3O3S/c1-19-8-10-22(11-9-19)30(28,29)24-12-13-25-14-16-26(17-15-25)23(27)18-20(2)21-6-4-3-5-7-21/h8-11,20-21,24H,3-7,12-18H2,1-2H3/t20-/m1/s1. The SMILES string of the molecule is Cc1ccc(S(=O)(=O)NCCN2CCN(C(=O)C[C@@H](C)C3CCCCC3)CC2)cc1. The summed E-state index contributed by atoms with van der Waals surface area (Å²) >= 11 is 0. The lowest BCUT2D eigenvalue weighted by atomic mass is 9.79. The lowest BCUT2D eigenvalue weighted by Gasteiger charge is -2.36. The van der Waals surface area contributed by atoms with Crippen molar-refractivity contribution in [3.05, 3.63) is 29.8 Å². The van der Waals surface area contributed by atoms with E-state index in [1.54, 1.807) is 24.3 Å². The maximum atomic E-state index is 12.7. The third-order valence-corrected chi connectivity index (χ3v) is 8.20. The van der Waals surface area contributed by atoms with Crippen molar-refractivity contribution in [2.24, 2.45) is 11.8 Å². The van der Waals surface area contributed by atoms with Gasteiger partial charge in [-0.25, -0.2) is 13.1 Å². The maximum Gasteiger partial charge on any atom is 0.240 e. The molecule has 0 aromatic heterocycles. The van der Waals surface area contributed by atoms with Crippen molar-refractivity contribution in [1.82, 2.24) is 14.5 Å². The van der Waals surface area contributed by atoms with Crippen LogP contribution in [-0.4, -0.2) is 63.4 Å². The van der Waals surface area contributed by atoms with E-state index in [4.69, 9.17) is 0 Å². The molecule has 0 unspecified atom stereocenters. The van der Waals surface area contributed by atoms with Crippen molar-refractivity contribution in [1.29, 1.82) is 0 Å². The minimum Gasteiger partial charge on any atom is -0.340 e. The molecule has 2 fully saturated rings. The summed E-state index contributed by atoms with van der Waals surface area (Å²) in [7, 11) is -3.47. The molecule has 1 aromatic carbocycles. The zero-order valence-corrected chi connectivity index (χ0v) is 19.3. The fourth-order valence-corrected chi connectivity index (χ4v) is 5.66. The van der Waals surface area contributed by atoms with Crippen LogP contribution in [0.3, 0.4) is 0 Å². The Kier molecular flexibility index (Phi) is 8.31. The third kappa shape index (κ3) is 6.53. The molecule has 1 aliphatic heterocycles. The molecule has 0 spiro atoms. The maximum absolute atomic E-state index is 12.7. The van der Waals surface area contributed by atoms with Crippen LogP contribution in [0.2, 0.25) is 0 Å². The molecule has 1 aromatic rings. The van der Waals surface area contributed by atoms with Crippen molar-refractivity contribution < 1.29 is 13.2 Å². The number of carbonyl (C=O) groups is 1. The normalized spacial score (nSPS) is 20.3. The van der Waals surface area contributed by atoms with Gasteiger partial charge in [0.2, 0.25) is 15.9 Å². The van der Waals surface area contributed by atoms with Crippen molar-refractivity contribution in [2.45, 2.75) is 57.3 Å². The minimum absolute atomic E-state index is 0.285. The molecule has 1 amide bonds. The van der Waals surface area contributed by atoms with Gasteiger partial charge in [0.1, 0.15) is 0 Å². The van der Waals surface area contributed by atoms with Crippen LogP contribution in [-0.2, 0) is 14.8 Å². The number of piperazine rings is 1. The molecule has 2 aliphatic rings.